The minimum atomic E-state index is -0.994. The lowest BCUT2D eigenvalue weighted by atomic mass is 9.78. The van der Waals surface area contributed by atoms with Crippen molar-refractivity contribution in [3.05, 3.63) is 29.6 Å². The molecule has 0 radical (unpaired) electrons. The maximum absolute atomic E-state index is 13.1. The van der Waals surface area contributed by atoms with Crippen LogP contribution in [0.25, 0.3) is 0 Å². The van der Waals surface area contributed by atoms with E-state index in [4.69, 9.17) is 0 Å². The summed E-state index contributed by atoms with van der Waals surface area (Å²) in [5, 5.41) is 0. The number of aromatic nitrogens is 1. The Morgan fingerprint density at radius 1 is 1.05 bits per heavy atom. The van der Waals surface area contributed by atoms with E-state index in [1.165, 1.54) is 63.6 Å². The van der Waals surface area contributed by atoms with Crippen LogP contribution in [0.15, 0.2) is 12.3 Å². The van der Waals surface area contributed by atoms with Crippen LogP contribution in [-0.2, 0) is 6.42 Å². The number of unbranched alkanes of at least 4 members (excludes halogenated alkanes) is 2. The molecule has 118 valence electrons. The maximum atomic E-state index is 13.1. The van der Waals surface area contributed by atoms with Gasteiger partial charge in [0.25, 0.3) is 0 Å². The van der Waals surface area contributed by atoms with Gasteiger partial charge in [0.2, 0.25) is 5.95 Å². The summed E-state index contributed by atoms with van der Waals surface area (Å²) < 4.78 is 25.9. The second-order valence-electron chi connectivity index (χ2n) is 6.54. The van der Waals surface area contributed by atoms with Crippen molar-refractivity contribution < 1.29 is 8.78 Å². The minimum Gasteiger partial charge on any atom is -0.225 e. The number of hydrogen-bond donors (Lipinski definition) is 0. The summed E-state index contributed by atoms with van der Waals surface area (Å²) in [6.45, 7) is 2.25. The molecule has 1 nitrogen and oxygen atoms in total. The van der Waals surface area contributed by atoms with Crippen LogP contribution in [0.2, 0.25) is 0 Å². The highest BCUT2D eigenvalue weighted by Gasteiger charge is 2.20. The molecule has 0 bridgehead atoms. The summed E-state index contributed by atoms with van der Waals surface area (Å²) in [5.74, 6) is -0.142. The van der Waals surface area contributed by atoms with Gasteiger partial charge in [-0.1, -0.05) is 58.3 Å². The number of aryl methyl sites for hydroxylation is 1. The van der Waals surface area contributed by atoms with Crippen molar-refractivity contribution in [1.29, 1.82) is 0 Å². The number of nitrogens with zero attached hydrogens (tertiary/aromatic N) is 1. The van der Waals surface area contributed by atoms with Gasteiger partial charge >= 0.3 is 0 Å². The highest BCUT2D eigenvalue weighted by Crippen LogP contribution is 2.34. The third kappa shape index (κ3) is 5.37. The van der Waals surface area contributed by atoms with Crippen LogP contribution in [0.4, 0.5) is 8.78 Å². The molecule has 2 rings (SSSR count). The molecular formula is C18H27F2N. The second kappa shape index (κ2) is 8.45. The Hall–Kier alpha value is -0.990. The lowest BCUT2D eigenvalue weighted by Crippen LogP contribution is -2.15. The fourth-order valence-corrected chi connectivity index (χ4v) is 3.46. The first kappa shape index (κ1) is 16.4. The Morgan fingerprint density at radius 2 is 1.71 bits per heavy atom. The van der Waals surface area contributed by atoms with Crippen molar-refractivity contribution >= 4 is 0 Å². The number of rotatable bonds is 7. The molecular weight excluding hydrogens is 268 g/mol. The quantitative estimate of drug-likeness (QED) is 0.466. The fraction of sp³-hybridized carbons (Fsp3) is 0.722. The molecule has 0 unspecified atom stereocenters. The molecule has 0 amide bonds. The third-order valence-electron chi connectivity index (χ3n) is 4.88. The largest absolute Gasteiger partial charge is 0.248 e. The highest BCUT2D eigenvalue weighted by atomic mass is 19.2. The van der Waals surface area contributed by atoms with Crippen LogP contribution in [0.1, 0.15) is 70.3 Å². The molecule has 0 N–H and O–H groups in total. The van der Waals surface area contributed by atoms with Gasteiger partial charge in [-0.25, -0.2) is 9.37 Å². The van der Waals surface area contributed by atoms with Crippen molar-refractivity contribution in [3.8, 4) is 0 Å². The molecule has 0 saturated heterocycles. The maximum Gasteiger partial charge on any atom is 0.248 e. The number of halogens is 2. The van der Waals surface area contributed by atoms with E-state index in [0.29, 0.717) is 0 Å². The summed E-state index contributed by atoms with van der Waals surface area (Å²) in [4.78, 5) is 3.45. The fourth-order valence-electron chi connectivity index (χ4n) is 3.46. The van der Waals surface area contributed by atoms with Gasteiger partial charge in [-0.15, -0.1) is 0 Å². The summed E-state index contributed by atoms with van der Waals surface area (Å²) >= 11 is 0. The molecule has 3 heteroatoms. The molecule has 0 atom stereocenters. The van der Waals surface area contributed by atoms with Crippen LogP contribution in [0.5, 0.6) is 0 Å². The Bertz CT molecular complexity index is 425. The van der Waals surface area contributed by atoms with Crippen LogP contribution in [-0.4, -0.2) is 4.98 Å². The molecule has 1 aliphatic carbocycles. The van der Waals surface area contributed by atoms with Gasteiger partial charge in [0.15, 0.2) is 5.82 Å². The predicted octanol–water partition coefficient (Wildman–Crippen LogP) is 5.68. The van der Waals surface area contributed by atoms with E-state index >= 15 is 0 Å². The van der Waals surface area contributed by atoms with E-state index < -0.39 is 11.8 Å². The summed E-state index contributed by atoms with van der Waals surface area (Å²) in [6.07, 6.45) is 14.1. The van der Waals surface area contributed by atoms with E-state index in [0.717, 1.165) is 30.2 Å². The van der Waals surface area contributed by atoms with E-state index in [1.54, 1.807) is 0 Å². The van der Waals surface area contributed by atoms with E-state index in [9.17, 15) is 8.78 Å². The predicted molar refractivity (Wildman–Crippen MR) is 82.1 cm³/mol. The Morgan fingerprint density at radius 3 is 2.33 bits per heavy atom. The van der Waals surface area contributed by atoms with Gasteiger partial charge in [0, 0.05) is 6.20 Å². The first-order valence-corrected chi connectivity index (χ1v) is 8.49. The van der Waals surface area contributed by atoms with Crippen LogP contribution < -0.4 is 0 Å². The number of hydrogen-bond acceptors (Lipinski definition) is 1. The zero-order valence-electron chi connectivity index (χ0n) is 13.1. The average molecular weight is 295 g/mol. The van der Waals surface area contributed by atoms with Crippen LogP contribution >= 0.6 is 0 Å². The minimum absolute atomic E-state index is 0.750. The average Bonchev–Trinajstić information content (AvgIpc) is 2.50. The molecule has 21 heavy (non-hydrogen) atoms. The molecule has 1 aliphatic rings. The zero-order chi connectivity index (χ0) is 15.1. The Labute approximate surface area is 127 Å². The molecule has 0 aromatic carbocycles. The monoisotopic (exact) mass is 295 g/mol. The lowest BCUT2D eigenvalue weighted by molar-refractivity contribution is 0.249. The Kier molecular flexibility index (Phi) is 6.59. The van der Waals surface area contributed by atoms with Crippen LogP contribution in [0.3, 0.4) is 0 Å². The van der Waals surface area contributed by atoms with Gasteiger partial charge in [0.05, 0.1) is 0 Å². The summed E-state index contributed by atoms with van der Waals surface area (Å²) in [6, 6.07) is 1.29. The highest BCUT2D eigenvalue weighted by molar-refractivity contribution is 5.11. The normalized spacial score (nSPS) is 22.4. The van der Waals surface area contributed by atoms with Crippen molar-refractivity contribution in [2.24, 2.45) is 11.8 Å². The lowest BCUT2D eigenvalue weighted by Gasteiger charge is -2.28. The van der Waals surface area contributed by atoms with Gasteiger partial charge in [-0.2, -0.15) is 4.39 Å². The summed E-state index contributed by atoms with van der Waals surface area (Å²) in [5.41, 5.74) is 0.818. The Balaban J connectivity index is 1.67. The molecule has 1 aromatic rings. The van der Waals surface area contributed by atoms with Crippen molar-refractivity contribution in [3.63, 3.8) is 0 Å². The molecule has 1 saturated carbocycles. The number of pyridine rings is 1. The standard InChI is InChI=1S/C18H27F2N/c1-2-3-4-5-14-6-8-15(9-7-14)10-11-16-12-17(19)18(20)21-13-16/h12-15H,2-11H2,1H3/t14-,15-. The molecule has 0 spiro atoms. The topological polar surface area (TPSA) is 12.9 Å². The van der Waals surface area contributed by atoms with Crippen molar-refractivity contribution in [2.75, 3.05) is 0 Å². The smallest absolute Gasteiger partial charge is 0.225 e. The van der Waals surface area contributed by atoms with E-state index in [2.05, 4.69) is 11.9 Å². The van der Waals surface area contributed by atoms with E-state index in [-0.39, 0.29) is 0 Å². The van der Waals surface area contributed by atoms with Gasteiger partial charge < -0.3 is 0 Å². The van der Waals surface area contributed by atoms with Gasteiger partial charge in [-0.3, -0.25) is 0 Å². The first-order valence-electron chi connectivity index (χ1n) is 8.49. The van der Waals surface area contributed by atoms with Crippen LogP contribution in [0, 0.1) is 23.6 Å². The summed E-state index contributed by atoms with van der Waals surface area (Å²) in [7, 11) is 0. The molecule has 0 aliphatic heterocycles. The van der Waals surface area contributed by atoms with Crippen molar-refractivity contribution in [2.45, 2.75) is 71.1 Å². The second-order valence-corrected chi connectivity index (χ2v) is 6.54. The first-order chi connectivity index (χ1) is 10.2. The van der Waals surface area contributed by atoms with E-state index in [1.807, 2.05) is 0 Å². The third-order valence-corrected chi connectivity index (χ3v) is 4.88. The SMILES string of the molecule is CCCCC[C@H]1CC[C@H](CCc2cnc(F)c(F)c2)CC1. The van der Waals surface area contributed by atoms with Gasteiger partial charge in [0.1, 0.15) is 0 Å². The zero-order valence-corrected chi connectivity index (χ0v) is 13.1. The molecule has 1 heterocycles. The molecule has 1 aromatic heterocycles. The van der Waals surface area contributed by atoms with Gasteiger partial charge in [-0.05, 0) is 36.3 Å². The molecule has 1 fully saturated rings. The van der Waals surface area contributed by atoms with Crippen molar-refractivity contribution in [1.82, 2.24) is 4.98 Å².